The van der Waals surface area contributed by atoms with Crippen molar-refractivity contribution in [1.82, 2.24) is 9.97 Å². The Morgan fingerprint density at radius 2 is 1.67 bits per heavy atom. The first-order chi connectivity index (χ1) is 10.1. The zero-order valence-electron chi connectivity index (χ0n) is 11.4. The predicted molar refractivity (Wildman–Crippen MR) is 87.9 cm³/mol. The second-order valence-electron chi connectivity index (χ2n) is 4.18. The van der Waals surface area contributed by atoms with Crippen LogP contribution in [-0.4, -0.2) is 22.9 Å². The molecule has 0 aliphatic rings. The number of hydrogen-bond donors (Lipinski definition) is 1. The van der Waals surface area contributed by atoms with Gasteiger partial charge in [-0.05, 0) is 41.6 Å². The van der Waals surface area contributed by atoms with Crippen LogP contribution in [0.25, 0.3) is 12.2 Å². The molecule has 0 aliphatic heterocycles. The molecular weight excluding hydrogens is 264 g/mol. The first-order valence-corrected chi connectivity index (χ1v) is 6.16. The maximum atomic E-state index is 11.4. The second-order valence-corrected chi connectivity index (χ2v) is 4.18. The highest BCUT2D eigenvalue weighted by molar-refractivity contribution is 5.84. The fourth-order valence-electron chi connectivity index (χ4n) is 1.73. The van der Waals surface area contributed by atoms with E-state index in [-0.39, 0.29) is 17.3 Å². The van der Waals surface area contributed by atoms with Gasteiger partial charge in [-0.1, -0.05) is 25.3 Å². The molecule has 0 aliphatic carbocycles. The number of benzene rings is 1. The molecule has 1 aromatic heterocycles. The number of nitrogens with one attached hydrogen (secondary N) is 1. The van der Waals surface area contributed by atoms with Crippen molar-refractivity contribution >= 4 is 36.9 Å². The number of rotatable bonds is 5. The van der Waals surface area contributed by atoms with Gasteiger partial charge in [-0.3, -0.25) is 9.78 Å². The smallest absolute Gasteiger partial charge is 0.254 e. The van der Waals surface area contributed by atoms with Crippen molar-refractivity contribution in [2.24, 2.45) is 9.98 Å². The molecule has 1 N–H and O–H groups in total. The first kappa shape index (κ1) is 14.3. The Hall–Kier alpha value is -3.08. The summed E-state index contributed by atoms with van der Waals surface area (Å²) in [7, 11) is 0. The molecule has 0 spiro atoms. The van der Waals surface area contributed by atoms with Crippen molar-refractivity contribution in [3.8, 4) is 0 Å². The summed E-state index contributed by atoms with van der Waals surface area (Å²) in [5, 5.41) is 0. The van der Waals surface area contributed by atoms with Crippen LogP contribution >= 0.6 is 0 Å². The van der Waals surface area contributed by atoms with Crippen LogP contribution in [0.1, 0.15) is 16.7 Å². The van der Waals surface area contributed by atoms with Gasteiger partial charge in [-0.15, -0.1) is 0 Å². The molecule has 0 bridgehead atoms. The summed E-state index contributed by atoms with van der Waals surface area (Å²) in [5.74, 6) is 0.409. The number of aliphatic imine (C=N–C) groups is 2. The lowest BCUT2D eigenvalue weighted by Gasteiger charge is -2.01. The molecule has 2 rings (SSSR count). The van der Waals surface area contributed by atoms with Crippen LogP contribution in [0.3, 0.4) is 0 Å². The third-order valence-electron chi connectivity index (χ3n) is 2.68. The van der Waals surface area contributed by atoms with Crippen molar-refractivity contribution in [1.29, 1.82) is 0 Å². The summed E-state index contributed by atoms with van der Waals surface area (Å²) in [5.41, 5.74) is 2.45. The van der Waals surface area contributed by atoms with E-state index >= 15 is 0 Å². The molecule has 0 radical (unpaired) electrons. The van der Waals surface area contributed by atoms with Crippen LogP contribution in [0.15, 0.2) is 52.2 Å². The number of aromatic nitrogens is 2. The van der Waals surface area contributed by atoms with E-state index in [0.29, 0.717) is 0 Å². The second kappa shape index (κ2) is 6.38. The highest BCUT2D eigenvalue weighted by Gasteiger charge is 1.98. The summed E-state index contributed by atoms with van der Waals surface area (Å²) < 4.78 is 0. The average Bonchev–Trinajstić information content (AvgIpc) is 2.51. The van der Waals surface area contributed by atoms with Crippen molar-refractivity contribution < 1.29 is 0 Å². The van der Waals surface area contributed by atoms with Crippen molar-refractivity contribution in [2.75, 3.05) is 0 Å². The molecule has 5 heteroatoms. The zero-order valence-corrected chi connectivity index (χ0v) is 11.4. The molecule has 1 aromatic carbocycles. The van der Waals surface area contributed by atoms with Gasteiger partial charge in [-0.25, -0.2) is 9.98 Å². The quantitative estimate of drug-likeness (QED) is 0.853. The SMILES string of the molecule is C=Cc1cc(C=C)cc(C=Nc2cc(=O)[nH]c(N=C)n2)c1. The van der Waals surface area contributed by atoms with Gasteiger partial charge in [0, 0.05) is 12.3 Å². The predicted octanol–water partition coefficient (Wildman–Crippen LogP) is 3.14. The molecule has 0 fully saturated rings. The maximum absolute atomic E-state index is 11.4. The van der Waals surface area contributed by atoms with Gasteiger partial charge in [0.15, 0.2) is 5.82 Å². The summed E-state index contributed by atoms with van der Waals surface area (Å²) in [6, 6.07) is 7.09. The Morgan fingerprint density at radius 3 is 2.24 bits per heavy atom. The van der Waals surface area contributed by atoms with Crippen LogP contribution in [0.2, 0.25) is 0 Å². The van der Waals surface area contributed by atoms with Gasteiger partial charge in [0.05, 0.1) is 0 Å². The molecule has 5 nitrogen and oxygen atoms in total. The minimum Gasteiger partial charge on any atom is -0.291 e. The lowest BCUT2D eigenvalue weighted by atomic mass is 10.1. The first-order valence-electron chi connectivity index (χ1n) is 6.16. The highest BCUT2D eigenvalue weighted by atomic mass is 16.1. The summed E-state index contributed by atoms with van der Waals surface area (Å²) >= 11 is 0. The van der Waals surface area contributed by atoms with Crippen molar-refractivity contribution in [3.63, 3.8) is 0 Å². The molecule has 0 unspecified atom stereocenters. The van der Waals surface area contributed by atoms with Gasteiger partial charge in [0.1, 0.15) is 0 Å². The molecule has 1 heterocycles. The van der Waals surface area contributed by atoms with E-state index in [9.17, 15) is 4.79 Å². The highest BCUT2D eigenvalue weighted by Crippen LogP contribution is 2.13. The summed E-state index contributed by atoms with van der Waals surface area (Å²) in [6.07, 6.45) is 5.11. The Morgan fingerprint density at radius 1 is 1.05 bits per heavy atom. The Bertz CT molecular complexity index is 761. The largest absolute Gasteiger partial charge is 0.291 e. The van der Waals surface area contributed by atoms with Crippen LogP contribution in [0.4, 0.5) is 11.8 Å². The fraction of sp³-hybridized carbons (Fsp3) is 0. The third-order valence-corrected chi connectivity index (χ3v) is 2.68. The van der Waals surface area contributed by atoms with Gasteiger partial charge >= 0.3 is 0 Å². The molecule has 104 valence electrons. The fourth-order valence-corrected chi connectivity index (χ4v) is 1.73. The van der Waals surface area contributed by atoms with E-state index in [1.807, 2.05) is 18.2 Å². The zero-order chi connectivity index (χ0) is 15.2. The van der Waals surface area contributed by atoms with Gasteiger partial charge in [0.2, 0.25) is 5.95 Å². The van der Waals surface area contributed by atoms with Gasteiger partial charge in [0.25, 0.3) is 5.56 Å². The maximum Gasteiger partial charge on any atom is 0.254 e. The summed E-state index contributed by atoms with van der Waals surface area (Å²) in [4.78, 5) is 25.6. The lowest BCUT2D eigenvalue weighted by Crippen LogP contribution is -2.03. The number of nitrogens with zero attached hydrogens (tertiary/aromatic N) is 3. The van der Waals surface area contributed by atoms with E-state index in [2.05, 4.69) is 39.8 Å². The van der Waals surface area contributed by atoms with Crippen LogP contribution in [-0.2, 0) is 0 Å². The minimum absolute atomic E-state index is 0.140. The van der Waals surface area contributed by atoms with Crippen LogP contribution < -0.4 is 5.56 Å². The van der Waals surface area contributed by atoms with Crippen molar-refractivity contribution in [3.05, 3.63) is 64.5 Å². The summed E-state index contributed by atoms with van der Waals surface area (Å²) in [6.45, 7) is 10.8. The number of H-pyrrole nitrogens is 1. The number of aromatic amines is 1. The van der Waals surface area contributed by atoms with Crippen LogP contribution in [0, 0.1) is 0 Å². The van der Waals surface area contributed by atoms with E-state index in [4.69, 9.17) is 0 Å². The topological polar surface area (TPSA) is 70.5 Å². The minimum atomic E-state index is -0.328. The molecular formula is C16H14N4O. The van der Waals surface area contributed by atoms with E-state index in [1.165, 1.54) is 6.07 Å². The van der Waals surface area contributed by atoms with Crippen LogP contribution in [0.5, 0.6) is 0 Å². The monoisotopic (exact) mass is 278 g/mol. The Balaban J connectivity index is 2.39. The lowest BCUT2D eigenvalue weighted by molar-refractivity contribution is 1.09. The third kappa shape index (κ3) is 3.70. The molecule has 0 saturated carbocycles. The molecule has 0 amide bonds. The Kier molecular flexibility index (Phi) is 4.36. The standard InChI is InChI=1S/C16H14N4O/c1-4-11-6-12(5-2)8-13(7-11)10-18-14-9-15(21)20-16(17-3)19-14/h4-10H,1-3H2,(H,19,20,21). The van der Waals surface area contributed by atoms with E-state index in [0.717, 1.165) is 16.7 Å². The molecule has 2 aromatic rings. The van der Waals surface area contributed by atoms with Crippen molar-refractivity contribution in [2.45, 2.75) is 0 Å². The Labute approximate surface area is 122 Å². The van der Waals surface area contributed by atoms with E-state index in [1.54, 1.807) is 18.4 Å². The van der Waals surface area contributed by atoms with Gasteiger partial charge in [-0.2, -0.15) is 4.98 Å². The number of hydrogen-bond acceptors (Lipinski definition) is 4. The van der Waals surface area contributed by atoms with Gasteiger partial charge < -0.3 is 0 Å². The molecule has 0 saturated heterocycles. The van der Waals surface area contributed by atoms with E-state index < -0.39 is 0 Å². The average molecular weight is 278 g/mol. The normalized spacial score (nSPS) is 10.5. The molecule has 0 atom stereocenters. The molecule has 21 heavy (non-hydrogen) atoms.